The first-order valence-corrected chi connectivity index (χ1v) is 8.91. The fourth-order valence-electron chi connectivity index (χ4n) is 2.42. The van der Waals surface area contributed by atoms with Crippen LogP contribution in [0.25, 0.3) is 0 Å². The molecule has 2 heterocycles. The lowest BCUT2D eigenvalue weighted by atomic mass is 9.95. The lowest BCUT2D eigenvalue weighted by molar-refractivity contribution is 0.0833. The number of rotatable bonds is 5. The molecule has 1 aliphatic rings. The number of hydrogen-bond donors (Lipinski definition) is 0. The zero-order chi connectivity index (χ0) is 13.9. The minimum Gasteiger partial charge on any atom is -0.381 e. The van der Waals surface area contributed by atoms with Gasteiger partial charge >= 0.3 is 0 Å². The van der Waals surface area contributed by atoms with Crippen LogP contribution in [0.2, 0.25) is 0 Å². The maximum Gasteiger partial charge on any atom is 0.238 e. The van der Waals surface area contributed by atoms with Crippen molar-refractivity contribution >= 4 is 19.7 Å². The van der Waals surface area contributed by atoms with E-state index in [1.54, 1.807) is 0 Å². The van der Waals surface area contributed by atoms with Crippen LogP contribution in [0.3, 0.4) is 0 Å². The molecule has 0 atom stereocenters. The standard InChI is InChI=1S/C11H18ClN3O3S/c1-2-5-15-11(9-3-6-18-7-4-9)10(13-14-15)8-19(12,16)17/h9H,2-8H2,1H3. The molecular weight excluding hydrogens is 290 g/mol. The molecule has 0 aliphatic carbocycles. The molecule has 0 spiro atoms. The molecule has 0 N–H and O–H groups in total. The first kappa shape index (κ1) is 14.7. The molecule has 0 radical (unpaired) electrons. The number of nitrogens with zero attached hydrogens (tertiary/aromatic N) is 3. The van der Waals surface area contributed by atoms with Crippen LogP contribution in [0.5, 0.6) is 0 Å². The summed E-state index contributed by atoms with van der Waals surface area (Å²) in [6.45, 7) is 4.17. The SMILES string of the molecule is CCCn1nnc(CS(=O)(=O)Cl)c1C1CCOCC1. The van der Waals surface area contributed by atoms with Gasteiger partial charge in [0.25, 0.3) is 0 Å². The highest BCUT2D eigenvalue weighted by Gasteiger charge is 2.26. The van der Waals surface area contributed by atoms with Crippen molar-refractivity contribution in [1.82, 2.24) is 15.0 Å². The Hall–Kier alpha value is -0.660. The van der Waals surface area contributed by atoms with Crippen molar-refractivity contribution in [2.75, 3.05) is 13.2 Å². The predicted octanol–water partition coefficient (Wildman–Crippen LogP) is 1.65. The molecule has 1 fully saturated rings. The second-order valence-corrected chi connectivity index (χ2v) is 7.49. The second kappa shape index (κ2) is 6.19. The molecule has 0 amide bonds. The lowest BCUT2D eigenvalue weighted by Crippen LogP contribution is -2.19. The highest BCUT2D eigenvalue weighted by Crippen LogP contribution is 2.29. The molecule has 6 nitrogen and oxygen atoms in total. The Kier molecular flexibility index (Phi) is 4.81. The molecule has 0 aromatic carbocycles. The van der Waals surface area contributed by atoms with Crippen LogP contribution in [0.4, 0.5) is 0 Å². The van der Waals surface area contributed by atoms with Gasteiger partial charge in [0.1, 0.15) is 11.4 Å². The van der Waals surface area contributed by atoms with Crippen LogP contribution < -0.4 is 0 Å². The lowest BCUT2D eigenvalue weighted by Gasteiger charge is -2.23. The van der Waals surface area contributed by atoms with Crippen molar-refractivity contribution in [3.63, 3.8) is 0 Å². The highest BCUT2D eigenvalue weighted by atomic mass is 35.7. The van der Waals surface area contributed by atoms with Crippen LogP contribution in [0.15, 0.2) is 0 Å². The molecule has 0 unspecified atom stereocenters. The summed E-state index contributed by atoms with van der Waals surface area (Å²) < 4.78 is 29.7. The van der Waals surface area contributed by atoms with Gasteiger partial charge < -0.3 is 4.74 Å². The van der Waals surface area contributed by atoms with E-state index in [0.29, 0.717) is 18.9 Å². The van der Waals surface area contributed by atoms with E-state index in [1.807, 2.05) is 11.6 Å². The average molecular weight is 308 g/mol. The van der Waals surface area contributed by atoms with Crippen LogP contribution in [0, 0.1) is 0 Å². The zero-order valence-electron chi connectivity index (χ0n) is 10.9. The van der Waals surface area contributed by atoms with Gasteiger partial charge in [0.2, 0.25) is 9.05 Å². The van der Waals surface area contributed by atoms with Crippen molar-refractivity contribution in [1.29, 1.82) is 0 Å². The quantitative estimate of drug-likeness (QED) is 0.773. The summed E-state index contributed by atoms with van der Waals surface area (Å²) in [5.74, 6) is -0.00553. The third-order valence-corrected chi connectivity index (χ3v) is 4.15. The second-order valence-electron chi connectivity index (χ2n) is 4.71. The van der Waals surface area contributed by atoms with Gasteiger partial charge in [-0.2, -0.15) is 0 Å². The number of ether oxygens (including phenoxy) is 1. The molecule has 1 saturated heterocycles. The first-order valence-electron chi connectivity index (χ1n) is 6.43. The molecule has 2 rings (SSSR count). The van der Waals surface area contributed by atoms with E-state index in [0.717, 1.165) is 31.5 Å². The minimum atomic E-state index is -3.61. The maximum atomic E-state index is 11.3. The topological polar surface area (TPSA) is 74.1 Å². The third kappa shape index (κ3) is 3.90. The molecular formula is C11H18ClN3O3S. The van der Waals surface area contributed by atoms with E-state index < -0.39 is 9.05 Å². The molecule has 1 aromatic rings. The molecule has 8 heteroatoms. The summed E-state index contributed by atoms with van der Waals surface area (Å²) in [5.41, 5.74) is 1.39. The number of hydrogen-bond acceptors (Lipinski definition) is 5. The number of aromatic nitrogens is 3. The maximum absolute atomic E-state index is 11.3. The largest absolute Gasteiger partial charge is 0.381 e. The van der Waals surface area contributed by atoms with E-state index >= 15 is 0 Å². The third-order valence-electron chi connectivity index (χ3n) is 3.20. The van der Waals surface area contributed by atoms with Gasteiger partial charge in [0, 0.05) is 36.4 Å². The molecule has 0 bridgehead atoms. The summed E-state index contributed by atoms with van der Waals surface area (Å²) in [4.78, 5) is 0. The van der Waals surface area contributed by atoms with Crippen molar-refractivity contribution in [2.24, 2.45) is 0 Å². The summed E-state index contributed by atoms with van der Waals surface area (Å²) in [6, 6.07) is 0. The van der Waals surface area contributed by atoms with Crippen molar-refractivity contribution in [3.05, 3.63) is 11.4 Å². The molecule has 0 saturated carbocycles. The Morgan fingerprint density at radius 1 is 1.42 bits per heavy atom. The van der Waals surface area contributed by atoms with E-state index in [1.165, 1.54) is 0 Å². The van der Waals surface area contributed by atoms with Gasteiger partial charge in [0.05, 0.1) is 5.69 Å². The molecule has 1 aromatic heterocycles. The number of aryl methyl sites for hydroxylation is 1. The Balaban J connectivity index is 2.32. The Bertz CT molecular complexity index is 523. The van der Waals surface area contributed by atoms with Gasteiger partial charge in [-0.3, -0.25) is 0 Å². The number of halogens is 1. The molecule has 1 aliphatic heterocycles. The van der Waals surface area contributed by atoms with E-state index in [2.05, 4.69) is 10.3 Å². The summed E-state index contributed by atoms with van der Waals surface area (Å²) in [5, 5.41) is 8.07. The predicted molar refractivity (Wildman–Crippen MR) is 71.6 cm³/mol. The van der Waals surface area contributed by atoms with Crippen LogP contribution in [-0.4, -0.2) is 36.6 Å². The molecule has 108 valence electrons. The van der Waals surface area contributed by atoms with Gasteiger partial charge in [-0.15, -0.1) is 5.10 Å². The fourth-order valence-corrected chi connectivity index (χ4v) is 3.26. The minimum absolute atomic E-state index is 0.253. The average Bonchev–Trinajstić information content (AvgIpc) is 2.71. The summed E-state index contributed by atoms with van der Waals surface area (Å²) >= 11 is 0. The monoisotopic (exact) mass is 307 g/mol. The van der Waals surface area contributed by atoms with Gasteiger partial charge in [-0.1, -0.05) is 12.1 Å². The van der Waals surface area contributed by atoms with Gasteiger partial charge in [0.15, 0.2) is 0 Å². The Labute approximate surface area is 117 Å². The zero-order valence-corrected chi connectivity index (χ0v) is 12.5. The van der Waals surface area contributed by atoms with Crippen LogP contribution in [0.1, 0.15) is 43.5 Å². The summed E-state index contributed by atoms with van der Waals surface area (Å²) in [6.07, 6.45) is 2.66. The van der Waals surface area contributed by atoms with Gasteiger partial charge in [-0.05, 0) is 19.3 Å². The first-order chi connectivity index (χ1) is 9.01. The van der Waals surface area contributed by atoms with E-state index in [-0.39, 0.29) is 11.7 Å². The van der Waals surface area contributed by atoms with Crippen LogP contribution in [-0.2, 0) is 26.1 Å². The van der Waals surface area contributed by atoms with Crippen LogP contribution >= 0.6 is 10.7 Å². The van der Waals surface area contributed by atoms with Crippen molar-refractivity contribution in [3.8, 4) is 0 Å². The smallest absolute Gasteiger partial charge is 0.238 e. The Morgan fingerprint density at radius 2 is 2.11 bits per heavy atom. The highest BCUT2D eigenvalue weighted by molar-refractivity contribution is 8.13. The van der Waals surface area contributed by atoms with Crippen molar-refractivity contribution in [2.45, 2.75) is 44.4 Å². The summed E-state index contributed by atoms with van der Waals surface area (Å²) in [7, 11) is 1.72. The van der Waals surface area contributed by atoms with E-state index in [4.69, 9.17) is 15.4 Å². The van der Waals surface area contributed by atoms with Crippen molar-refractivity contribution < 1.29 is 13.2 Å². The Morgan fingerprint density at radius 3 is 2.68 bits per heavy atom. The normalized spacial score (nSPS) is 17.8. The molecule has 19 heavy (non-hydrogen) atoms. The van der Waals surface area contributed by atoms with Gasteiger partial charge in [-0.25, -0.2) is 13.1 Å². The fraction of sp³-hybridized carbons (Fsp3) is 0.818. The van der Waals surface area contributed by atoms with E-state index in [9.17, 15) is 8.42 Å².